The standard InChI is InChI=1S/C31H36ClN3O2/c1-20-21(11-15-33-20)7-8-23-18-24-6-5-14-34-29(24)28(26-10-9-25(32)19-27(23)26)22-12-16-35(17-13-22)30(36)37-31(2,3)4/h5-6,9-11,14-15,18-19,21-22,28H,7-8,12-13,16-17H2,1-4H3. The van der Waals surface area contributed by atoms with Gasteiger partial charge in [-0.1, -0.05) is 29.8 Å². The second kappa shape index (κ2) is 10.4. The second-order valence-corrected chi connectivity index (χ2v) is 11.9. The van der Waals surface area contributed by atoms with Crippen molar-refractivity contribution in [1.82, 2.24) is 9.88 Å². The number of fused-ring (bicyclic) bond motifs is 2. The number of carbonyl (C=O) groups is 1. The molecule has 1 saturated heterocycles. The van der Waals surface area contributed by atoms with Gasteiger partial charge >= 0.3 is 6.09 Å². The molecular formula is C31H36ClN3O2. The van der Waals surface area contributed by atoms with Crippen LogP contribution in [0.5, 0.6) is 0 Å². The lowest BCUT2D eigenvalue weighted by Gasteiger charge is -2.37. The van der Waals surface area contributed by atoms with Crippen LogP contribution in [0.1, 0.15) is 81.7 Å². The maximum Gasteiger partial charge on any atom is 0.410 e. The number of halogens is 1. The number of allylic oxidation sites excluding steroid dienone is 2. The Labute approximate surface area is 225 Å². The fourth-order valence-electron chi connectivity index (χ4n) is 5.84. The number of hydrogen-bond acceptors (Lipinski definition) is 4. The van der Waals surface area contributed by atoms with Gasteiger partial charge in [0.1, 0.15) is 5.60 Å². The zero-order chi connectivity index (χ0) is 26.2. The molecule has 0 radical (unpaired) electrons. The summed E-state index contributed by atoms with van der Waals surface area (Å²) < 4.78 is 5.63. The SMILES string of the molecule is CC1=NC=CC1CCC1=Cc2cccnc2C(C2CCN(C(=O)OC(C)(C)C)CC2)c2ccc(Cl)cc21. The fraction of sp³-hybridized carbons (Fsp3) is 0.452. The largest absolute Gasteiger partial charge is 0.444 e. The van der Waals surface area contributed by atoms with Crippen LogP contribution in [0.15, 0.2) is 53.8 Å². The smallest absolute Gasteiger partial charge is 0.410 e. The number of aliphatic imine (C=N–C) groups is 1. The highest BCUT2D eigenvalue weighted by atomic mass is 35.5. The number of carbonyl (C=O) groups excluding carboxylic acids is 1. The van der Waals surface area contributed by atoms with E-state index in [4.69, 9.17) is 21.3 Å². The summed E-state index contributed by atoms with van der Waals surface area (Å²) in [5, 5.41) is 0.751. The highest BCUT2D eigenvalue weighted by molar-refractivity contribution is 6.30. The van der Waals surface area contributed by atoms with Gasteiger partial charge in [-0.3, -0.25) is 9.98 Å². The van der Waals surface area contributed by atoms with E-state index in [1.807, 2.05) is 50.2 Å². The van der Waals surface area contributed by atoms with E-state index in [2.05, 4.69) is 42.3 Å². The van der Waals surface area contributed by atoms with E-state index in [9.17, 15) is 4.79 Å². The number of hydrogen-bond donors (Lipinski definition) is 0. The lowest BCUT2D eigenvalue weighted by molar-refractivity contribution is 0.0178. The van der Waals surface area contributed by atoms with Crippen molar-refractivity contribution in [3.05, 3.63) is 76.2 Å². The number of likely N-dealkylation sites (tertiary alicyclic amines) is 1. The predicted octanol–water partition coefficient (Wildman–Crippen LogP) is 7.75. The van der Waals surface area contributed by atoms with E-state index in [1.54, 1.807) is 0 Å². The summed E-state index contributed by atoms with van der Waals surface area (Å²) in [6.07, 6.45) is 11.9. The first-order valence-electron chi connectivity index (χ1n) is 13.3. The van der Waals surface area contributed by atoms with Crippen LogP contribution in [0.25, 0.3) is 11.6 Å². The number of amides is 1. The molecule has 0 saturated carbocycles. The van der Waals surface area contributed by atoms with Gasteiger partial charge in [0.25, 0.3) is 0 Å². The molecule has 1 aromatic carbocycles. The molecule has 5 nitrogen and oxygen atoms in total. The van der Waals surface area contributed by atoms with Crippen molar-refractivity contribution in [2.75, 3.05) is 13.1 Å². The molecule has 2 unspecified atom stereocenters. The molecule has 1 amide bonds. The predicted molar refractivity (Wildman–Crippen MR) is 151 cm³/mol. The van der Waals surface area contributed by atoms with Crippen molar-refractivity contribution >= 4 is 35.1 Å². The third-order valence-corrected chi connectivity index (χ3v) is 7.95. The van der Waals surface area contributed by atoms with Crippen molar-refractivity contribution in [2.45, 2.75) is 64.9 Å². The quantitative estimate of drug-likeness (QED) is 0.416. The second-order valence-electron chi connectivity index (χ2n) is 11.4. The van der Waals surface area contributed by atoms with Crippen LogP contribution >= 0.6 is 11.6 Å². The van der Waals surface area contributed by atoms with Gasteiger partial charge in [-0.05, 0) is 106 Å². The Morgan fingerprint density at radius 3 is 2.68 bits per heavy atom. The first-order chi connectivity index (χ1) is 17.7. The Balaban J connectivity index is 1.45. The van der Waals surface area contributed by atoms with E-state index in [1.165, 1.54) is 28.0 Å². The first-order valence-corrected chi connectivity index (χ1v) is 13.7. The maximum atomic E-state index is 12.7. The minimum absolute atomic E-state index is 0.146. The summed E-state index contributed by atoms with van der Waals surface area (Å²) in [5.41, 5.74) is 6.80. The normalized spacial score (nSPS) is 21.6. The number of rotatable bonds is 4. The zero-order valence-corrected chi connectivity index (χ0v) is 23.0. The molecule has 1 fully saturated rings. The number of pyridine rings is 1. The average Bonchev–Trinajstić information content (AvgIpc) is 3.21. The van der Waals surface area contributed by atoms with Gasteiger partial charge in [0.15, 0.2) is 0 Å². The minimum Gasteiger partial charge on any atom is -0.444 e. The van der Waals surface area contributed by atoms with Crippen molar-refractivity contribution < 1.29 is 9.53 Å². The first kappa shape index (κ1) is 25.7. The van der Waals surface area contributed by atoms with Crippen LogP contribution < -0.4 is 0 Å². The summed E-state index contributed by atoms with van der Waals surface area (Å²) >= 11 is 6.57. The Bertz CT molecular complexity index is 1270. The van der Waals surface area contributed by atoms with Gasteiger partial charge in [0.05, 0.1) is 5.69 Å². The van der Waals surface area contributed by atoms with Crippen LogP contribution in [-0.4, -0.2) is 40.4 Å². The van der Waals surface area contributed by atoms with Crippen LogP contribution in [0.4, 0.5) is 4.79 Å². The number of aromatic nitrogens is 1. The summed E-state index contributed by atoms with van der Waals surface area (Å²) in [6, 6.07) is 10.5. The molecule has 5 rings (SSSR count). The van der Waals surface area contributed by atoms with Gasteiger partial charge in [-0.2, -0.15) is 0 Å². The highest BCUT2D eigenvalue weighted by Gasteiger charge is 2.36. The molecule has 37 heavy (non-hydrogen) atoms. The molecule has 0 bridgehead atoms. The van der Waals surface area contributed by atoms with Crippen molar-refractivity contribution in [3.63, 3.8) is 0 Å². The van der Waals surface area contributed by atoms with Gasteiger partial charge in [0.2, 0.25) is 0 Å². The lowest BCUT2D eigenvalue weighted by atomic mass is 9.76. The van der Waals surface area contributed by atoms with E-state index in [0.717, 1.165) is 36.4 Å². The van der Waals surface area contributed by atoms with Gasteiger partial charge in [0, 0.05) is 48.1 Å². The molecule has 1 aromatic heterocycles. The Morgan fingerprint density at radius 1 is 1.19 bits per heavy atom. The Kier molecular flexibility index (Phi) is 7.26. The molecule has 0 spiro atoms. The number of nitrogens with zero attached hydrogens (tertiary/aromatic N) is 3. The van der Waals surface area contributed by atoms with E-state index in [-0.39, 0.29) is 12.0 Å². The highest BCUT2D eigenvalue weighted by Crippen LogP contribution is 2.46. The van der Waals surface area contributed by atoms with Gasteiger partial charge < -0.3 is 9.64 Å². The number of benzene rings is 1. The fourth-order valence-corrected chi connectivity index (χ4v) is 6.02. The molecule has 2 atom stereocenters. The zero-order valence-electron chi connectivity index (χ0n) is 22.2. The summed E-state index contributed by atoms with van der Waals surface area (Å²) in [6.45, 7) is 9.22. The van der Waals surface area contributed by atoms with Crippen molar-refractivity contribution in [2.24, 2.45) is 16.8 Å². The van der Waals surface area contributed by atoms with E-state index < -0.39 is 5.60 Å². The number of piperidine rings is 1. The molecule has 2 aromatic rings. The van der Waals surface area contributed by atoms with Crippen molar-refractivity contribution in [3.8, 4) is 0 Å². The lowest BCUT2D eigenvalue weighted by Crippen LogP contribution is -2.42. The summed E-state index contributed by atoms with van der Waals surface area (Å²) in [5.74, 6) is 0.896. The monoisotopic (exact) mass is 517 g/mol. The maximum absolute atomic E-state index is 12.7. The average molecular weight is 518 g/mol. The molecule has 194 valence electrons. The van der Waals surface area contributed by atoms with Gasteiger partial charge in [-0.15, -0.1) is 0 Å². The Hall–Kier alpha value is -2.92. The molecular weight excluding hydrogens is 482 g/mol. The van der Waals surface area contributed by atoms with E-state index in [0.29, 0.717) is 24.9 Å². The van der Waals surface area contributed by atoms with Crippen LogP contribution in [-0.2, 0) is 4.74 Å². The summed E-state index contributed by atoms with van der Waals surface area (Å²) in [7, 11) is 0. The summed E-state index contributed by atoms with van der Waals surface area (Å²) in [4.78, 5) is 23.9. The molecule has 1 aliphatic carbocycles. The van der Waals surface area contributed by atoms with Gasteiger partial charge in [-0.25, -0.2) is 4.79 Å². The van der Waals surface area contributed by atoms with Crippen LogP contribution in [0, 0.1) is 11.8 Å². The van der Waals surface area contributed by atoms with Crippen LogP contribution in [0.3, 0.4) is 0 Å². The third kappa shape index (κ3) is 5.67. The van der Waals surface area contributed by atoms with Crippen molar-refractivity contribution in [1.29, 1.82) is 0 Å². The molecule has 6 heteroatoms. The minimum atomic E-state index is -0.489. The molecule has 2 aliphatic heterocycles. The third-order valence-electron chi connectivity index (χ3n) is 7.71. The number of ether oxygens (including phenoxy) is 1. The molecule has 3 heterocycles. The molecule has 0 N–H and O–H groups in total. The van der Waals surface area contributed by atoms with E-state index >= 15 is 0 Å². The molecule has 3 aliphatic rings. The Morgan fingerprint density at radius 2 is 1.97 bits per heavy atom. The van der Waals surface area contributed by atoms with Crippen LogP contribution in [0.2, 0.25) is 5.02 Å². The topological polar surface area (TPSA) is 54.8 Å².